The van der Waals surface area contributed by atoms with Crippen molar-refractivity contribution in [2.24, 2.45) is 5.92 Å². The molecule has 0 aliphatic carbocycles. The van der Waals surface area contributed by atoms with Gasteiger partial charge in [-0.1, -0.05) is 6.07 Å². The first kappa shape index (κ1) is 15.9. The Morgan fingerprint density at radius 3 is 3.09 bits per heavy atom. The van der Waals surface area contributed by atoms with Crippen molar-refractivity contribution >= 4 is 11.8 Å². The van der Waals surface area contributed by atoms with E-state index in [0.29, 0.717) is 39.4 Å². The molecule has 1 N–H and O–H groups in total. The number of hydrogen-bond donors (Lipinski definition) is 1. The van der Waals surface area contributed by atoms with Crippen LogP contribution in [-0.2, 0) is 20.9 Å². The summed E-state index contributed by atoms with van der Waals surface area (Å²) in [4.78, 5) is 32.5. The highest BCUT2D eigenvalue weighted by atomic mass is 16.5. The second kappa shape index (κ2) is 7.06. The van der Waals surface area contributed by atoms with Gasteiger partial charge in [-0.25, -0.2) is 0 Å². The lowest BCUT2D eigenvalue weighted by Crippen LogP contribution is -2.47. The normalized spacial score (nSPS) is 24.3. The minimum atomic E-state index is -0.271. The molecule has 1 aromatic rings. The van der Waals surface area contributed by atoms with Crippen molar-refractivity contribution < 1.29 is 14.3 Å². The Bertz CT molecular complexity index is 566. The van der Waals surface area contributed by atoms with Crippen LogP contribution >= 0.6 is 0 Å². The maximum Gasteiger partial charge on any atom is 0.236 e. The van der Waals surface area contributed by atoms with Crippen LogP contribution in [0.25, 0.3) is 0 Å². The van der Waals surface area contributed by atoms with E-state index in [1.165, 1.54) is 0 Å². The molecule has 2 bridgehead atoms. The summed E-state index contributed by atoms with van der Waals surface area (Å²) >= 11 is 0. The zero-order chi connectivity index (χ0) is 16.2. The zero-order valence-electron chi connectivity index (χ0n) is 13.3. The molecule has 0 saturated carbocycles. The van der Waals surface area contributed by atoms with Gasteiger partial charge in [0.25, 0.3) is 0 Å². The summed E-state index contributed by atoms with van der Waals surface area (Å²) in [7, 11) is 1.90. The van der Waals surface area contributed by atoms with Gasteiger partial charge in [-0.15, -0.1) is 0 Å². The Balaban J connectivity index is 1.58. The van der Waals surface area contributed by atoms with Gasteiger partial charge in [0.05, 0.1) is 37.4 Å². The number of carbonyl (C=O) groups excluding carboxylic acids is 2. The van der Waals surface area contributed by atoms with Crippen LogP contribution in [0.5, 0.6) is 0 Å². The predicted molar refractivity (Wildman–Crippen MR) is 83.4 cm³/mol. The van der Waals surface area contributed by atoms with Crippen LogP contribution in [0.2, 0.25) is 0 Å². The van der Waals surface area contributed by atoms with Gasteiger partial charge < -0.3 is 15.0 Å². The molecule has 124 valence electrons. The molecule has 0 aromatic carbocycles. The van der Waals surface area contributed by atoms with E-state index in [9.17, 15) is 9.59 Å². The fourth-order valence-corrected chi connectivity index (χ4v) is 2.99. The van der Waals surface area contributed by atoms with Crippen LogP contribution in [-0.4, -0.2) is 72.5 Å². The van der Waals surface area contributed by atoms with E-state index in [-0.39, 0.29) is 23.8 Å². The molecule has 3 heterocycles. The Morgan fingerprint density at radius 2 is 2.30 bits per heavy atom. The topological polar surface area (TPSA) is 74.8 Å². The highest BCUT2D eigenvalue weighted by Gasteiger charge is 2.35. The molecular weight excluding hydrogens is 296 g/mol. The van der Waals surface area contributed by atoms with Crippen molar-refractivity contribution in [2.75, 3.05) is 39.9 Å². The van der Waals surface area contributed by atoms with Gasteiger partial charge in [-0.05, 0) is 19.2 Å². The first-order valence-electron chi connectivity index (χ1n) is 7.86. The average Bonchev–Trinajstić information content (AvgIpc) is 2.76. The molecule has 2 atom stereocenters. The number of likely N-dealkylation sites (N-methyl/N-ethyl adjacent to an activating group) is 1. The molecule has 7 nitrogen and oxygen atoms in total. The minimum Gasteiger partial charge on any atom is -0.378 e. The van der Waals surface area contributed by atoms with Crippen molar-refractivity contribution in [3.63, 3.8) is 0 Å². The Hall–Kier alpha value is -1.99. The van der Waals surface area contributed by atoms with Crippen LogP contribution in [0.4, 0.5) is 0 Å². The number of nitrogens with zero attached hydrogens (tertiary/aromatic N) is 3. The number of pyridine rings is 1. The summed E-state index contributed by atoms with van der Waals surface area (Å²) in [6.45, 7) is 2.72. The Kier molecular flexibility index (Phi) is 4.88. The smallest absolute Gasteiger partial charge is 0.236 e. The third-order valence-electron chi connectivity index (χ3n) is 4.15. The molecule has 2 aliphatic rings. The molecule has 2 amide bonds. The molecule has 2 fully saturated rings. The zero-order valence-corrected chi connectivity index (χ0v) is 13.3. The molecule has 0 unspecified atom stereocenters. The Labute approximate surface area is 135 Å². The Morgan fingerprint density at radius 1 is 1.43 bits per heavy atom. The SMILES string of the molecule is CN(CC(=O)N1C[C@H]2COC[C@@H](C1)C(=O)N2)Cc1ccccn1. The van der Waals surface area contributed by atoms with Gasteiger partial charge in [0.15, 0.2) is 0 Å². The summed E-state index contributed by atoms with van der Waals surface area (Å²) in [5, 5.41) is 2.94. The van der Waals surface area contributed by atoms with E-state index < -0.39 is 0 Å². The number of amides is 2. The summed E-state index contributed by atoms with van der Waals surface area (Å²) in [6, 6.07) is 5.64. The second-order valence-electron chi connectivity index (χ2n) is 6.23. The van der Waals surface area contributed by atoms with Crippen LogP contribution in [0.15, 0.2) is 24.4 Å². The molecule has 2 saturated heterocycles. The van der Waals surface area contributed by atoms with E-state index in [4.69, 9.17) is 4.74 Å². The number of hydrogen-bond acceptors (Lipinski definition) is 5. The molecule has 23 heavy (non-hydrogen) atoms. The van der Waals surface area contributed by atoms with Crippen LogP contribution in [0, 0.1) is 5.92 Å². The number of rotatable bonds is 4. The van der Waals surface area contributed by atoms with Crippen LogP contribution in [0.1, 0.15) is 5.69 Å². The fourth-order valence-electron chi connectivity index (χ4n) is 2.99. The van der Waals surface area contributed by atoms with Gasteiger partial charge >= 0.3 is 0 Å². The third kappa shape index (κ3) is 4.05. The number of carbonyl (C=O) groups is 2. The van der Waals surface area contributed by atoms with Gasteiger partial charge in [0, 0.05) is 25.8 Å². The average molecular weight is 318 g/mol. The highest BCUT2D eigenvalue weighted by molar-refractivity contribution is 5.83. The van der Waals surface area contributed by atoms with Crippen molar-refractivity contribution in [2.45, 2.75) is 12.6 Å². The number of aromatic nitrogens is 1. The van der Waals surface area contributed by atoms with E-state index in [2.05, 4.69) is 10.3 Å². The summed E-state index contributed by atoms with van der Waals surface area (Å²) in [6.07, 6.45) is 1.75. The highest BCUT2D eigenvalue weighted by Crippen LogP contribution is 2.14. The molecule has 0 radical (unpaired) electrons. The van der Waals surface area contributed by atoms with Crippen molar-refractivity contribution in [1.82, 2.24) is 20.1 Å². The van der Waals surface area contributed by atoms with Gasteiger partial charge in [-0.2, -0.15) is 0 Å². The van der Waals surface area contributed by atoms with E-state index in [1.54, 1.807) is 11.1 Å². The molecule has 2 aliphatic heterocycles. The quantitative estimate of drug-likeness (QED) is 0.809. The van der Waals surface area contributed by atoms with E-state index in [1.807, 2.05) is 30.1 Å². The van der Waals surface area contributed by atoms with Gasteiger partial charge in [0.1, 0.15) is 0 Å². The lowest BCUT2D eigenvalue weighted by molar-refractivity contribution is -0.134. The first-order valence-corrected chi connectivity index (χ1v) is 7.86. The molecule has 3 rings (SSSR count). The van der Waals surface area contributed by atoms with Crippen molar-refractivity contribution in [3.05, 3.63) is 30.1 Å². The maximum absolute atomic E-state index is 12.6. The van der Waals surface area contributed by atoms with Gasteiger partial charge in [-0.3, -0.25) is 19.5 Å². The molecular formula is C16H22N4O3. The van der Waals surface area contributed by atoms with Crippen LogP contribution < -0.4 is 5.32 Å². The molecule has 0 spiro atoms. The summed E-state index contributed by atoms with van der Waals surface area (Å²) in [5.41, 5.74) is 0.931. The number of nitrogens with one attached hydrogen (secondary N) is 1. The first-order chi connectivity index (χ1) is 11.1. The summed E-state index contributed by atoms with van der Waals surface area (Å²) in [5.74, 6) is -0.242. The maximum atomic E-state index is 12.6. The number of ether oxygens (including phenoxy) is 1. The predicted octanol–water partition coefficient (Wildman–Crippen LogP) is -0.513. The van der Waals surface area contributed by atoms with Crippen molar-refractivity contribution in [1.29, 1.82) is 0 Å². The van der Waals surface area contributed by atoms with Gasteiger partial charge in [0.2, 0.25) is 11.8 Å². The van der Waals surface area contributed by atoms with E-state index in [0.717, 1.165) is 5.69 Å². The minimum absolute atomic E-state index is 0.00959. The van der Waals surface area contributed by atoms with Crippen LogP contribution in [0.3, 0.4) is 0 Å². The third-order valence-corrected chi connectivity index (χ3v) is 4.15. The second-order valence-corrected chi connectivity index (χ2v) is 6.23. The van der Waals surface area contributed by atoms with E-state index >= 15 is 0 Å². The van der Waals surface area contributed by atoms with Crippen molar-refractivity contribution in [3.8, 4) is 0 Å². The fraction of sp³-hybridized carbons (Fsp3) is 0.562. The lowest BCUT2D eigenvalue weighted by Gasteiger charge is -2.29. The largest absolute Gasteiger partial charge is 0.378 e. The number of fused-ring (bicyclic) bond motifs is 3. The standard InChI is InChI=1S/C16H22N4O3/c1-19(7-13-4-2-3-5-17-13)9-15(21)20-6-12-10-23-11-14(8-20)18-16(12)22/h2-5,12,14H,6-11H2,1H3,(H,18,22)/t12-,14+/m1/s1. The lowest BCUT2D eigenvalue weighted by atomic mass is 10.1. The molecule has 1 aromatic heterocycles. The molecule has 7 heteroatoms. The summed E-state index contributed by atoms with van der Waals surface area (Å²) < 4.78 is 5.48. The monoisotopic (exact) mass is 318 g/mol.